The van der Waals surface area contributed by atoms with E-state index in [0.29, 0.717) is 18.0 Å². The van der Waals surface area contributed by atoms with Gasteiger partial charge in [0.2, 0.25) is 15.9 Å². The van der Waals surface area contributed by atoms with Gasteiger partial charge in [0.1, 0.15) is 16.4 Å². The third kappa shape index (κ3) is 4.53. The maximum absolute atomic E-state index is 12.6. The third-order valence-electron chi connectivity index (χ3n) is 3.76. The Kier molecular flexibility index (Phi) is 6.59. The number of likely N-dealkylation sites (N-methyl/N-ethyl adjacent to an activating group) is 1. The van der Waals surface area contributed by atoms with Crippen molar-refractivity contribution < 1.29 is 22.7 Å². The first-order valence-corrected chi connectivity index (χ1v) is 9.48. The van der Waals surface area contributed by atoms with Crippen LogP contribution in [-0.2, 0) is 14.8 Å². The lowest BCUT2D eigenvalue weighted by molar-refractivity contribution is -0.117. The number of methoxy groups -OCH3 is 2. The molecule has 0 saturated heterocycles. The number of rotatable bonds is 8. The molecule has 2 aromatic carbocycles. The van der Waals surface area contributed by atoms with E-state index in [-0.39, 0.29) is 23.1 Å². The van der Waals surface area contributed by atoms with Crippen LogP contribution in [-0.4, -0.2) is 41.6 Å². The summed E-state index contributed by atoms with van der Waals surface area (Å²) in [5.74, 6) is 0.183. The van der Waals surface area contributed by atoms with Gasteiger partial charge in [-0.1, -0.05) is 18.2 Å². The highest BCUT2D eigenvalue weighted by Gasteiger charge is 2.23. The van der Waals surface area contributed by atoms with Crippen molar-refractivity contribution in [1.29, 1.82) is 0 Å². The van der Waals surface area contributed by atoms with Crippen LogP contribution in [0.25, 0.3) is 0 Å². The van der Waals surface area contributed by atoms with E-state index in [1.807, 2.05) is 25.1 Å². The molecule has 0 aromatic heterocycles. The predicted octanol–water partition coefficient (Wildman–Crippen LogP) is 2.04. The zero-order chi connectivity index (χ0) is 19.2. The summed E-state index contributed by atoms with van der Waals surface area (Å²) in [5.41, 5.74) is 0.707. The number of anilines is 1. The Morgan fingerprint density at radius 2 is 1.77 bits per heavy atom. The largest absolute Gasteiger partial charge is 0.497 e. The second kappa shape index (κ2) is 8.68. The van der Waals surface area contributed by atoms with Gasteiger partial charge >= 0.3 is 0 Å². The Balaban J connectivity index is 2.18. The Labute approximate surface area is 153 Å². The molecule has 8 heteroatoms. The van der Waals surface area contributed by atoms with Crippen LogP contribution in [0.3, 0.4) is 0 Å². The average molecular weight is 378 g/mol. The average Bonchev–Trinajstić information content (AvgIpc) is 2.67. The van der Waals surface area contributed by atoms with Crippen molar-refractivity contribution >= 4 is 21.6 Å². The summed E-state index contributed by atoms with van der Waals surface area (Å²) >= 11 is 0. The van der Waals surface area contributed by atoms with Gasteiger partial charge in [-0.25, -0.2) is 13.1 Å². The van der Waals surface area contributed by atoms with Gasteiger partial charge in [0.25, 0.3) is 0 Å². The van der Waals surface area contributed by atoms with Crippen molar-refractivity contribution in [3.05, 3.63) is 48.5 Å². The molecule has 26 heavy (non-hydrogen) atoms. The zero-order valence-corrected chi connectivity index (χ0v) is 15.7. The van der Waals surface area contributed by atoms with Gasteiger partial charge in [-0.2, -0.15) is 0 Å². The van der Waals surface area contributed by atoms with Crippen molar-refractivity contribution in [2.24, 2.45) is 0 Å². The molecule has 140 valence electrons. The van der Waals surface area contributed by atoms with Crippen LogP contribution in [0.2, 0.25) is 0 Å². The number of sulfonamides is 1. The summed E-state index contributed by atoms with van der Waals surface area (Å²) in [6, 6.07) is 13.5. The van der Waals surface area contributed by atoms with E-state index in [9.17, 15) is 13.2 Å². The lowest BCUT2D eigenvalue weighted by Crippen LogP contribution is -2.40. The fourth-order valence-electron chi connectivity index (χ4n) is 2.43. The highest BCUT2D eigenvalue weighted by Crippen LogP contribution is 2.28. The van der Waals surface area contributed by atoms with Gasteiger partial charge < -0.3 is 14.4 Å². The van der Waals surface area contributed by atoms with Gasteiger partial charge in [0.15, 0.2) is 0 Å². The molecule has 0 saturated carbocycles. The summed E-state index contributed by atoms with van der Waals surface area (Å²) in [4.78, 5) is 13.9. The van der Waals surface area contributed by atoms with Crippen LogP contribution in [0.1, 0.15) is 6.92 Å². The van der Waals surface area contributed by atoms with Gasteiger partial charge in [-0.05, 0) is 31.2 Å². The summed E-state index contributed by atoms with van der Waals surface area (Å²) in [7, 11) is -1.14. The number of benzene rings is 2. The predicted molar refractivity (Wildman–Crippen MR) is 99.2 cm³/mol. The first-order chi connectivity index (χ1) is 12.4. The first-order valence-electron chi connectivity index (χ1n) is 8.00. The molecule has 2 aromatic rings. The molecule has 0 aliphatic carbocycles. The van der Waals surface area contributed by atoms with Crippen molar-refractivity contribution in [3.8, 4) is 11.5 Å². The second-order valence-corrected chi connectivity index (χ2v) is 7.05. The van der Waals surface area contributed by atoms with E-state index in [2.05, 4.69) is 4.72 Å². The van der Waals surface area contributed by atoms with Crippen LogP contribution in [0.15, 0.2) is 53.4 Å². The number of para-hydroxylation sites is 1. The summed E-state index contributed by atoms with van der Waals surface area (Å²) < 4.78 is 37.7. The second-order valence-electron chi connectivity index (χ2n) is 5.31. The molecular weight excluding hydrogens is 356 g/mol. The van der Waals surface area contributed by atoms with Crippen molar-refractivity contribution in [2.75, 3.05) is 32.2 Å². The third-order valence-corrected chi connectivity index (χ3v) is 5.18. The Hall–Kier alpha value is -2.58. The summed E-state index contributed by atoms with van der Waals surface area (Å²) in [5, 5.41) is 0. The Morgan fingerprint density at radius 1 is 1.08 bits per heavy atom. The number of carbonyl (C=O) groups excluding carboxylic acids is 1. The summed E-state index contributed by atoms with van der Waals surface area (Å²) in [6.07, 6.45) is 0. The van der Waals surface area contributed by atoms with Crippen LogP contribution in [0, 0.1) is 0 Å². The number of nitrogens with zero attached hydrogens (tertiary/aromatic N) is 1. The van der Waals surface area contributed by atoms with E-state index < -0.39 is 10.0 Å². The van der Waals surface area contributed by atoms with E-state index in [1.165, 1.54) is 31.3 Å². The fourth-order valence-corrected chi connectivity index (χ4v) is 3.59. The molecule has 7 nitrogen and oxygen atoms in total. The minimum Gasteiger partial charge on any atom is -0.497 e. The number of ether oxygens (including phenoxy) is 2. The van der Waals surface area contributed by atoms with Gasteiger partial charge in [-0.3, -0.25) is 4.79 Å². The quantitative estimate of drug-likeness (QED) is 0.760. The first kappa shape index (κ1) is 19.7. The molecule has 0 bridgehead atoms. The normalized spacial score (nSPS) is 11.0. The minimum atomic E-state index is -3.96. The number of nitrogens with one attached hydrogen (secondary N) is 1. The molecule has 0 fully saturated rings. The molecule has 0 unspecified atom stereocenters. The maximum Gasteiger partial charge on any atom is 0.244 e. The molecule has 0 spiro atoms. The molecule has 1 N–H and O–H groups in total. The molecule has 0 atom stereocenters. The van der Waals surface area contributed by atoms with E-state index in [1.54, 1.807) is 18.2 Å². The number of carbonyl (C=O) groups is 1. The standard InChI is InChI=1S/C18H22N2O5S/c1-4-20(14-8-6-5-7-9-14)18(21)13-19-26(22,23)17-12-15(24-2)10-11-16(17)25-3/h5-12,19H,4,13H2,1-3H3. The number of hydrogen-bond donors (Lipinski definition) is 1. The molecule has 0 aliphatic rings. The molecule has 2 rings (SSSR count). The fraction of sp³-hybridized carbons (Fsp3) is 0.278. The lowest BCUT2D eigenvalue weighted by Gasteiger charge is -2.21. The van der Waals surface area contributed by atoms with E-state index in [0.717, 1.165) is 0 Å². The van der Waals surface area contributed by atoms with Crippen LogP contribution < -0.4 is 19.1 Å². The van der Waals surface area contributed by atoms with E-state index >= 15 is 0 Å². The molecular formula is C18H22N2O5S. The number of hydrogen-bond acceptors (Lipinski definition) is 5. The topological polar surface area (TPSA) is 84.9 Å². The molecule has 0 heterocycles. The highest BCUT2D eigenvalue weighted by atomic mass is 32.2. The summed E-state index contributed by atoms with van der Waals surface area (Å²) in [6.45, 7) is 1.88. The number of amides is 1. The Bertz CT molecular complexity index is 853. The zero-order valence-electron chi connectivity index (χ0n) is 14.9. The van der Waals surface area contributed by atoms with Crippen LogP contribution in [0.5, 0.6) is 11.5 Å². The Morgan fingerprint density at radius 3 is 2.35 bits per heavy atom. The van der Waals surface area contributed by atoms with Crippen molar-refractivity contribution in [2.45, 2.75) is 11.8 Å². The van der Waals surface area contributed by atoms with E-state index in [4.69, 9.17) is 9.47 Å². The SMILES string of the molecule is CCN(C(=O)CNS(=O)(=O)c1cc(OC)ccc1OC)c1ccccc1. The maximum atomic E-state index is 12.6. The molecule has 0 radical (unpaired) electrons. The lowest BCUT2D eigenvalue weighted by atomic mass is 10.3. The van der Waals surface area contributed by atoms with Crippen molar-refractivity contribution in [1.82, 2.24) is 4.72 Å². The van der Waals surface area contributed by atoms with Gasteiger partial charge in [0, 0.05) is 18.3 Å². The van der Waals surface area contributed by atoms with Crippen LogP contribution >= 0.6 is 0 Å². The molecule has 1 amide bonds. The van der Waals surface area contributed by atoms with Gasteiger partial charge in [-0.15, -0.1) is 0 Å². The van der Waals surface area contributed by atoms with Gasteiger partial charge in [0.05, 0.1) is 20.8 Å². The minimum absolute atomic E-state index is 0.0880. The van der Waals surface area contributed by atoms with Crippen LogP contribution in [0.4, 0.5) is 5.69 Å². The van der Waals surface area contributed by atoms with Crippen molar-refractivity contribution in [3.63, 3.8) is 0 Å². The smallest absolute Gasteiger partial charge is 0.244 e. The highest BCUT2D eigenvalue weighted by molar-refractivity contribution is 7.89. The molecule has 0 aliphatic heterocycles. The monoisotopic (exact) mass is 378 g/mol.